The van der Waals surface area contributed by atoms with Gasteiger partial charge in [0.25, 0.3) is 0 Å². The molecule has 0 fully saturated rings. The molecule has 7 heteroatoms. The summed E-state index contributed by atoms with van der Waals surface area (Å²) in [6, 6.07) is 0.370. The molecule has 0 aliphatic heterocycles. The lowest BCUT2D eigenvalue weighted by atomic mass is 10.3. The first-order chi connectivity index (χ1) is 5.41. The molecule has 0 aliphatic rings. The maximum absolute atomic E-state index is 11.8. The highest BCUT2D eigenvalue weighted by atomic mass is 19.4. The monoisotopic (exact) mass is 179 g/mol. The normalized spacial score (nSPS) is 11.6. The number of aromatic amines is 1. The van der Waals surface area contributed by atoms with Crippen molar-refractivity contribution in [3.05, 3.63) is 17.5 Å². The number of H-pyrrole nitrogens is 1. The van der Waals surface area contributed by atoms with Gasteiger partial charge in [-0.2, -0.15) is 18.3 Å². The second-order valence-electron chi connectivity index (χ2n) is 1.95. The van der Waals surface area contributed by atoms with Crippen LogP contribution in [0.1, 0.15) is 16.2 Å². The van der Waals surface area contributed by atoms with E-state index in [2.05, 4.69) is 5.10 Å². The van der Waals surface area contributed by atoms with Crippen molar-refractivity contribution in [3.8, 4) is 0 Å². The van der Waals surface area contributed by atoms with Gasteiger partial charge in [0.15, 0.2) is 0 Å². The number of rotatable bonds is 1. The van der Waals surface area contributed by atoms with Crippen LogP contribution in [0.5, 0.6) is 0 Å². The Morgan fingerprint density at radius 1 is 1.58 bits per heavy atom. The molecule has 1 N–H and O–H groups in total. The number of halogens is 3. The van der Waals surface area contributed by atoms with Gasteiger partial charge in [-0.15, -0.1) is 0 Å². The maximum atomic E-state index is 11.8. The zero-order valence-corrected chi connectivity index (χ0v) is 5.47. The highest BCUT2D eigenvalue weighted by molar-refractivity contribution is 5.83. The first-order valence-corrected chi connectivity index (χ1v) is 2.75. The molecule has 0 aromatic carbocycles. The SMILES string of the molecule is O=C([O-])c1cc(C(F)(F)F)[nH]n1. The van der Waals surface area contributed by atoms with Crippen LogP contribution >= 0.6 is 0 Å². The van der Waals surface area contributed by atoms with E-state index in [1.54, 1.807) is 0 Å². The Morgan fingerprint density at radius 2 is 2.17 bits per heavy atom. The summed E-state index contributed by atoms with van der Waals surface area (Å²) in [7, 11) is 0. The Morgan fingerprint density at radius 3 is 2.42 bits per heavy atom. The van der Waals surface area contributed by atoms with Crippen molar-refractivity contribution >= 4 is 5.97 Å². The molecule has 0 radical (unpaired) electrons. The number of aromatic carboxylic acids is 1. The largest absolute Gasteiger partial charge is 0.543 e. The number of carboxylic acid groups (broad SMARTS) is 1. The predicted molar refractivity (Wildman–Crippen MR) is 27.9 cm³/mol. The van der Waals surface area contributed by atoms with Crippen molar-refractivity contribution in [1.29, 1.82) is 0 Å². The fourth-order valence-corrected chi connectivity index (χ4v) is 0.572. The lowest BCUT2D eigenvalue weighted by Gasteiger charge is -1.99. The molecule has 1 aromatic heterocycles. The van der Waals surface area contributed by atoms with E-state index in [0.717, 1.165) is 0 Å². The summed E-state index contributed by atoms with van der Waals surface area (Å²) in [5.41, 5.74) is -1.97. The van der Waals surface area contributed by atoms with Gasteiger partial charge in [-0.3, -0.25) is 5.10 Å². The Hall–Kier alpha value is -1.53. The van der Waals surface area contributed by atoms with E-state index in [4.69, 9.17) is 0 Å². The molecule has 0 atom stereocenters. The number of carbonyl (C=O) groups is 1. The van der Waals surface area contributed by atoms with Crippen molar-refractivity contribution in [2.45, 2.75) is 6.18 Å². The van der Waals surface area contributed by atoms with Gasteiger partial charge in [-0.1, -0.05) is 0 Å². The van der Waals surface area contributed by atoms with Crippen LogP contribution in [0, 0.1) is 0 Å². The zero-order valence-electron chi connectivity index (χ0n) is 5.47. The Balaban J connectivity index is 3.00. The summed E-state index contributed by atoms with van der Waals surface area (Å²) in [5, 5.41) is 14.4. The number of nitrogens with zero attached hydrogens (tertiary/aromatic N) is 1. The number of hydrogen-bond acceptors (Lipinski definition) is 3. The fourth-order valence-electron chi connectivity index (χ4n) is 0.572. The topological polar surface area (TPSA) is 68.8 Å². The van der Waals surface area contributed by atoms with Crippen LogP contribution in [0.2, 0.25) is 0 Å². The molecule has 1 heterocycles. The van der Waals surface area contributed by atoms with Crippen LogP contribution in [-0.2, 0) is 6.18 Å². The molecule has 0 saturated carbocycles. The third-order valence-electron chi connectivity index (χ3n) is 1.09. The van der Waals surface area contributed by atoms with E-state index >= 15 is 0 Å². The van der Waals surface area contributed by atoms with Gasteiger partial charge in [0.2, 0.25) is 0 Å². The number of alkyl halides is 3. The lowest BCUT2D eigenvalue weighted by Crippen LogP contribution is -2.22. The van der Waals surface area contributed by atoms with Gasteiger partial charge in [-0.05, 0) is 6.07 Å². The number of carboxylic acids is 1. The van der Waals surface area contributed by atoms with Crippen LogP contribution in [0.15, 0.2) is 6.07 Å². The molecule has 0 unspecified atom stereocenters. The molecule has 12 heavy (non-hydrogen) atoms. The van der Waals surface area contributed by atoms with Gasteiger partial charge < -0.3 is 9.90 Å². The third kappa shape index (κ3) is 1.55. The minimum Gasteiger partial charge on any atom is -0.543 e. The quantitative estimate of drug-likeness (QED) is 0.648. The van der Waals surface area contributed by atoms with Crippen LogP contribution in [0.25, 0.3) is 0 Å². The molecule has 66 valence electrons. The average Bonchev–Trinajstić information content (AvgIpc) is 2.30. The van der Waals surface area contributed by atoms with Gasteiger partial charge in [0, 0.05) is 0 Å². The highest BCUT2D eigenvalue weighted by Gasteiger charge is 2.33. The summed E-state index contributed by atoms with van der Waals surface area (Å²) < 4.78 is 35.3. The lowest BCUT2D eigenvalue weighted by molar-refractivity contribution is -0.255. The van der Waals surface area contributed by atoms with E-state index in [0.29, 0.717) is 6.07 Å². The number of aromatic nitrogens is 2. The second-order valence-corrected chi connectivity index (χ2v) is 1.95. The molecule has 0 bridgehead atoms. The summed E-state index contributed by atoms with van der Waals surface area (Å²) in [4.78, 5) is 9.98. The number of hydrogen-bond donors (Lipinski definition) is 1. The third-order valence-corrected chi connectivity index (χ3v) is 1.09. The molecule has 0 saturated heterocycles. The number of carbonyl (C=O) groups excluding carboxylic acids is 1. The molecular formula is C5H2F3N2O2-. The minimum absolute atomic E-state index is 0.370. The van der Waals surface area contributed by atoms with E-state index in [1.165, 1.54) is 5.10 Å². The van der Waals surface area contributed by atoms with Crippen LogP contribution in [-0.4, -0.2) is 16.2 Å². The molecule has 1 rings (SSSR count). The van der Waals surface area contributed by atoms with E-state index < -0.39 is 23.5 Å². The van der Waals surface area contributed by atoms with Crippen molar-refractivity contribution in [3.63, 3.8) is 0 Å². The average molecular weight is 179 g/mol. The second kappa shape index (κ2) is 2.50. The molecule has 1 aromatic rings. The van der Waals surface area contributed by atoms with Gasteiger partial charge in [0.05, 0.1) is 5.97 Å². The Kier molecular flexibility index (Phi) is 1.79. The maximum Gasteiger partial charge on any atom is 0.432 e. The standard InChI is InChI=1S/C5H3F3N2O2/c6-5(7,8)3-1-2(4(11)12)9-10-3/h1H,(H,9,10)(H,11,12)/p-1. The van der Waals surface area contributed by atoms with Crippen LogP contribution in [0.3, 0.4) is 0 Å². The molecule has 0 amide bonds. The summed E-state index contributed by atoms with van der Waals surface area (Å²) in [6.45, 7) is 0. The molecule has 0 spiro atoms. The van der Waals surface area contributed by atoms with Crippen molar-refractivity contribution in [2.75, 3.05) is 0 Å². The van der Waals surface area contributed by atoms with E-state index in [1.807, 2.05) is 0 Å². The van der Waals surface area contributed by atoms with Gasteiger partial charge in [0.1, 0.15) is 11.4 Å². The highest BCUT2D eigenvalue weighted by Crippen LogP contribution is 2.27. The summed E-state index contributed by atoms with van der Waals surface area (Å²) in [5.74, 6) is -1.75. The zero-order chi connectivity index (χ0) is 9.35. The van der Waals surface area contributed by atoms with Crippen molar-refractivity contribution in [1.82, 2.24) is 10.2 Å². The van der Waals surface area contributed by atoms with Gasteiger partial charge >= 0.3 is 6.18 Å². The number of nitrogens with one attached hydrogen (secondary N) is 1. The summed E-state index contributed by atoms with van der Waals surface area (Å²) >= 11 is 0. The van der Waals surface area contributed by atoms with E-state index in [-0.39, 0.29) is 0 Å². The van der Waals surface area contributed by atoms with Gasteiger partial charge in [-0.25, -0.2) is 0 Å². The van der Waals surface area contributed by atoms with Crippen LogP contribution < -0.4 is 5.11 Å². The van der Waals surface area contributed by atoms with Crippen molar-refractivity contribution in [2.24, 2.45) is 0 Å². The Bertz CT molecular complexity index is 304. The minimum atomic E-state index is -4.61. The summed E-state index contributed by atoms with van der Waals surface area (Å²) in [6.07, 6.45) is -4.61. The smallest absolute Gasteiger partial charge is 0.432 e. The molecule has 0 aliphatic carbocycles. The van der Waals surface area contributed by atoms with Crippen molar-refractivity contribution < 1.29 is 23.1 Å². The van der Waals surface area contributed by atoms with E-state index in [9.17, 15) is 23.1 Å². The fraction of sp³-hybridized carbons (Fsp3) is 0.200. The molecular weight excluding hydrogens is 177 g/mol. The van der Waals surface area contributed by atoms with Crippen LogP contribution in [0.4, 0.5) is 13.2 Å². The first kappa shape index (κ1) is 8.57. The first-order valence-electron chi connectivity index (χ1n) is 2.75. The predicted octanol–water partition coefficient (Wildman–Crippen LogP) is -0.208. The molecule has 4 nitrogen and oxygen atoms in total. The Labute approximate surface area is 64.0 Å².